The van der Waals surface area contributed by atoms with Crippen molar-refractivity contribution in [1.29, 1.82) is 0 Å². The van der Waals surface area contributed by atoms with Crippen molar-refractivity contribution in [3.05, 3.63) is 18.2 Å². The van der Waals surface area contributed by atoms with Crippen molar-refractivity contribution >= 4 is 34.2 Å². The molecular formula is C19H28N6O3. The standard InChI is InChI=1S/C19H28N6O3/c1-11(2)24(12(3)4)8-9-25-16-7-6-14(21-13(5)26)10-15(16)17(18(25)27)22-23-19(20)28/h6-7,10-12,27H,8-9H2,1-5H3,(H2,20,28)(H,21,26). The molecule has 0 aliphatic heterocycles. The second kappa shape index (κ2) is 8.83. The Morgan fingerprint density at radius 2 is 1.89 bits per heavy atom. The Balaban J connectivity index is 2.51. The molecule has 0 atom stereocenters. The van der Waals surface area contributed by atoms with E-state index in [1.54, 1.807) is 22.8 Å². The smallest absolute Gasteiger partial charge is 0.356 e. The van der Waals surface area contributed by atoms with Gasteiger partial charge >= 0.3 is 6.03 Å². The van der Waals surface area contributed by atoms with Crippen molar-refractivity contribution in [3.63, 3.8) is 0 Å². The number of azo groups is 1. The number of hydrogen-bond acceptors (Lipinski definition) is 5. The lowest BCUT2D eigenvalue weighted by Crippen LogP contribution is -2.39. The number of nitrogens with zero attached hydrogens (tertiary/aromatic N) is 4. The zero-order chi connectivity index (χ0) is 21.0. The summed E-state index contributed by atoms with van der Waals surface area (Å²) < 4.78 is 1.72. The predicted molar refractivity (Wildman–Crippen MR) is 109 cm³/mol. The molecule has 2 rings (SSSR count). The molecule has 0 aliphatic rings. The fraction of sp³-hybridized carbons (Fsp3) is 0.474. The van der Waals surface area contributed by atoms with E-state index >= 15 is 0 Å². The van der Waals surface area contributed by atoms with Crippen LogP contribution in [0.2, 0.25) is 0 Å². The highest BCUT2D eigenvalue weighted by Crippen LogP contribution is 2.40. The Morgan fingerprint density at radius 3 is 2.43 bits per heavy atom. The monoisotopic (exact) mass is 388 g/mol. The molecule has 2 aromatic rings. The molecule has 152 valence electrons. The van der Waals surface area contributed by atoms with Crippen molar-refractivity contribution < 1.29 is 14.7 Å². The van der Waals surface area contributed by atoms with Crippen LogP contribution in [0.3, 0.4) is 0 Å². The fourth-order valence-corrected chi connectivity index (χ4v) is 3.36. The second-order valence-electron chi connectivity index (χ2n) is 7.20. The molecule has 28 heavy (non-hydrogen) atoms. The van der Waals surface area contributed by atoms with Crippen LogP contribution >= 0.6 is 0 Å². The summed E-state index contributed by atoms with van der Waals surface area (Å²) in [6.07, 6.45) is 0. The van der Waals surface area contributed by atoms with Crippen LogP contribution in [0.25, 0.3) is 10.9 Å². The van der Waals surface area contributed by atoms with Crippen LogP contribution in [0.15, 0.2) is 28.4 Å². The quantitative estimate of drug-likeness (QED) is 0.627. The highest BCUT2D eigenvalue weighted by Gasteiger charge is 2.20. The summed E-state index contributed by atoms with van der Waals surface area (Å²) in [5.41, 5.74) is 6.47. The number of nitrogens with two attached hydrogens (primary N) is 1. The molecule has 9 nitrogen and oxygen atoms in total. The first kappa shape index (κ1) is 21.4. The number of carbonyl (C=O) groups is 2. The molecule has 9 heteroatoms. The van der Waals surface area contributed by atoms with Gasteiger partial charge in [0.2, 0.25) is 11.8 Å². The number of nitrogens with one attached hydrogen (secondary N) is 1. The summed E-state index contributed by atoms with van der Waals surface area (Å²) in [6, 6.07) is 4.97. The molecule has 0 bridgehead atoms. The molecule has 0 aliphatic carbocycles. The third-order valence-electron chi connectivity index (χ3n) is 4.49. The first-order valence-electron chi connectivity index (χ1n) is 9.21. The second-order valence-corrected chi connectivity index (χ2v) is 7.20. The first-order chi connectivity index (χ1) is 13.1. The minimum absolute atomic E-state index is 0.104. The Labute approximate surface area is 164 Å². The first-order valence-corrected chi connectivity index (χ1v) is 9.21. The number of fused-ring (bicyclic) bond motifs is 1. The number of anilines is 1. The summed E-state index contributed by atoms with van der Waals surface area (Å²) in [5.74, 6) is -0.319. The van der Waals surface area contributed by atoms with Crippen LogP contribution in [0, 0.1) is 0 Å². The van der Waals surface area contributed by atoms with Crippen molar-refractivity contribution in [3.8, 4) is 5.88 Å². The number of aromatic nitrogens is 1. The largest absolute Gasteiger partial charge is 0.493 e. The highest BCUT2D eigenvalue weighted by atomic mass is 16.3. The maximum absolute atomic E-state index is 11.4. The van der Waals surface area contributed by atoms with Crippen LogP contribution in [0.5, 0.6) is 5.88 Å². The van der Waals surface area contributed by atoms with Gasteiger partial charge in [-0.3, -0.25) is 9.69 Å². The number of amides is 3. The average Bonchev–Trinajstić information content (AvgIpc) is 2.83. The van der Waals surface area contributed by atoms with Crippen molar-refractivity contribution in [1.82, 2.24) is 9.47 Å². The lowest BCUT2D eigenvalue weighted by Gasteiger charge is -2.30. The molecule has 0 radical (unpaired) electrons. The minimum atomic E-state index is -0.955. The van der Waals surface area contributed by atoms with Crippen LogP contribution in [0.1, 0.15) is 34.6 Å². The molecule has 0 saturated heterocycles. The van der Waals surface area contributed by atoms with E-state index in [9.17, 15) is 14.7 Å². The van der Waals surface area contributed by atoms with Gasteiger partial charge in [-0.1, -0.05) is 5.11 Å². The number of aromatic hydroxyl groups is 1. The Morgan fingerprint density at radius 1 is 1.25 bits per heavy atom. The van der Waals surface area contributed by atoms with Gasteiger partial charge in [0.15, 0.2) is 5.69 Å². The summed E-state index contributed by atoms with van der Waals surface area (Å²) in [4.78, 5) is 24.7. The average molecular weight is 388 g/mol. The number of benzene rings is 1. The van der Waals surface area contributed by atoms with Crippen LogP contribution in [0.4, 0.5) is 16.2 Å². The van der Waals surface area contributed by atoms with Crippen LogP contribution < -0.4 is 11.1 Å². The van der Waals surface area contributed by atoms with E-state index < -0.39 is 6.03 Å². The molecule has 0 spiro atoms. The molecule has 1 aromatic heterocycles. The highest BCUT2D eigenvalue weighted by molar-refractivity contribution is 5.99. The van der Waals surface area contributed by atoms with E-state index in [2.05, 4.69) is 48.1 Å². The van der Waals surface area contributed by atoms with Gasteiger partial charge in [-0.15, -0.1) is 5.11 Å². The third kappa shape index (κ3) is 4.86. The van der Waals surface area contributed by atoms with Gasteiger partial charge in [-0.05, 0) is 45.9 Å². The fourth-order valence-electron chi connectivity index (χ4n) is 3.36. The number of primary amides is 1. The molecule has 1 heterocycles. The van der Waals surface area contributed by atoms with Crippen molar-refractivity contribution in [2.75, 3.05) is 11.9 Å². The Kier molecular flexibility index (Phi) is 6.74. The molecule has 0 unspecified atom stereocenters. The normalized spacial score (nSPS) is 12.0. The number of carbonyl (C=O) groups excluding carboxylic acids is 2. The van der Waals surface area contributed by atoms with E-state index in [1.807, 2.05) is 0 Å². The van der Waals surface area contributed by atoms with Crippen molar-refractivity contribution in [2.24, 2.45) is 16.0 Å². The molecular weight excluding hydrogens is 360 g/mol. The zero-order valence-electron chi connectivity index (χ0n) is 16.9. The maximum atomic E-state index is 11.4. The minimum Gasteiger partial charge on any atom is -0.493 e. The molecule has 4 N–H and O–H groups in total. The summed E-state index contributed by atoms with van der Waals surface area (Å²) >= 11 is 0. The Hall–Kier alpha value is -2.94. The number of hydrogen-bond donors (Lipinski definition) is 3. The van der Waals surface area contributed by atoms with Gasteiger partial charge in [0.05, 0.1) is 5.52 Å². The SMILES string of the molecule is CC(=O)Nc1ccc2c(c1)c(N=NC(N)=O)c(O)n2CCN(C(C)C)C(C)C. The van der Waals surface area contributed by atoms with E-state index in [1.165, 1.54) is 6.92 Å². The maximum Gasteiger partial charge on any atom is 0.356 e. The van der Waals surface area contributed by atoms with E-state index in [4.69, 9.17) is 5.73 Å². The van der Waals surface area contributed by atoms with E-state index in [0.717, 1.165) is 5.52 Å². The zero-order valence-corrected chi connectivity index (χ0v) is 16.9. The topological polar surface area (TPSA) is 125 Å². The summed E-state index contributed by atoms with van der Waals surface area (Å²) in [7, 11) is 0. The van der Waals surface area contributed by atoms with Gasteiger partial charge in [0, 0.05) is 43.2 Å². The van der Waals surface area contributed by atoms with Gasteiger partial charge in [-0.2, -0.15) is 0 Å². The Bertz CT molecular complexity index is 893. The third-order valence-corrected chi connectivity index (χ3v) is 4.49. The van der Waals surface area contributed by atoms with E-state index in [-0.39, 0.29) is 17.5 Å². The van der Waals surface area contributed by atoms with Crippen molar-refractivity contribution in [2.45, 2.75) is 53.2 Å². The van der Waals surface area contributed by atoms with Crippen LogP contribution in [-0.4, -0.2) is 45.1 Å². The molecule has 1 aromatic carbocycles. The summed E-state index contributed by atoms with van der Waals surface area (Å²) in [5, 5.41) is 21.2. The van der Waals surface area contributed by atoms with Gasteiger partial charge in [0.1, 0.15) is 0 Å². The van der Waals surface area contributed by atoms with Gasteiger partial charge < -0.3 is 20.7 Å². The number of urea groups is 1. The molecule has 0 saturated carbocycles. The predicted octanol–water partition coefficient (Wildman–Crippen LogP) is 3.59. The molecule has 0 fully saturated rings. The van der Waals surface area contributed by atoms with Crippen LogP contribution in [-0.2, 0) is 11.3 Å². The lowest BCUT2D eigenvalue weighted by atomic mass is 10.2. The number of rotatable bonds is 7. The van der Waals surface area contributed by atoms with Gasteiger partial charge in [0.25, 0.3) is 0 Å². The summed E-state index contributed by atoms with van der Waals surface area (Å²) in [6.45, 7) is 11.1. The lowest BCUT2D eigenvalue weighted by molar-refractivity contribution is -0.114. The molecule has 3 amide bonds. The van der Waals surface area contributed by atoms with E-state index in [0.29, 0.717) is 36.2 Å². The van der Waals surface area contributed by atoms with Gasteiger partial charge in [-0.25, -0.2) is 4.79 Å².